The van der Waals surface area contributed by atoms with Gasteiger partial charge in [-0.25, -0.2) is 0 Å². The quantitative estimate of drug-likeness (QED) is 0.401. The Bertz CT molecular complexity index is 1020. The van der Waals surface area contributed by atoms with Crippen LogP contribution in [-0.4, -0.2) is 68.0 Å². The van der Waals surface area contributed by atoms with E-state index in [9.17, 15) is 14.7 Å². The summed E-state index contributed by atoms with van der Waals surface area (Å²) in [6, 6.07) is 11.0. The molecule has 0 radical (unpaired) electrons. The third-order valence-corrected chi connectivity index (χ3v) is 5.42. The van der Waals surface area contributed by atoms with Crippen LogP contribution < -0.4 is 9.47 Å². The van der Waals surface area contributed by atoms with Crippen LogP contribution in [0, 0.1) is 0 Å². The van der Waals surface area contributed by atoms with Gasteiger partial charge in [0.25, 0.3) is 11.7 Å². The molecule has 1 fully saturated rings. The number of carbonyl (C=O) groups excluding carboxylic acids is 2. The maximum Gasteiger partial charge on any atom is 0.295 e. The Morgan fingerprint density at radius 1 is 1.06 bits per heavy atom. The van der Waals surface area contributed by atoms with Crippen LogP contribution in [0.1, 0.15) is 17.2 Å². The van der Waals surface area contributed by atoms with Crippen molar-refractivity contribution >= 4 is 29.1 Å². The number of aliphatic hydroxyl groups excluding tert-OH is 1. The maximum atomic E-state index is 13.0. The molecular weight excluding hydrogens is 420 g/mol. The molecule has 8 heteroatoms. The summed E-state index contributed by atoms with van der Waals surface area (Å²) in [7, 11) is 6.76. The molecule has 0 spiro atoms. The summed E-state index contributed by atoms with van der Waals surface area (Å²) in [4.78, 5) is 29.3. The van der Waals surface area contributed by atoms with Gasteiger partial charge in [0.1, 0.15) is 5.76 Å². The molecule has 1 atom stereocenters. The second-order valence-corrected chi connectivity index (χ2v) is 7.85. The summed E-state index contributed by atoms with van der Waals surface area (Å²) in [5.41, 5.74) is 1.06. The minimum Gasteiger partial charge on any atom is -0.507 e. The number of likely N-dealkylation sites (tertiary alicyclic amines) is 1. The molecule has 0 aromatic heterocycles. The van der Waals surface area contributed by atoms with Crippen molar-refractivity contribution in [3.63, 3.8) is 0 Å². The number of methoxy groups -OCH3 is 2. The lowest BCUT2D eigenvalue weighted by molar-refractivity contribution is -0.140. The van der Waals surface area contributed by atoms with Crippen LogP contribution in [0.15, 0.2) is 48.0 Å². The molecule has 1 N–H and O–H groups in total. The number of aliphatic hydroxyl groups is 1. The van der Waals surface area contributed by atoms with Gasteiger partial charge in [0.15, 0.2) is 11.5 Å². The van der Waals surface area contributed by atoms with Crippen LogP contribution in [0.25, 0.3) is 5.76 Å². The van der Waals surface area contributed by atoms with Gasteiger partial charge in [0, 0.05) is 23.7 Å². The highest BCUT2D eigenvalue weighted by Crippen LogP contribution is 2.40. The van der Waals surface area contributed by atoms with Crippen molar-refractivity contribution in [3.05, 3.63) is 64.2 Å². The average molecular weight is 445 g/mol. The zero-order valence-corrected chi connectivity index (χ0v) is 18.6. The van der Waals surface area contributed by atoms with Crippen molar-refractivity contribution in [2.45, 2.75) is 6.04 Å². The Morgan fingerprint density at radius 3 is 2.29 bits per heavy atom. The summed E-state index contributed by atoms with van der Waals surface area (Å²) in [6.45, 7) is 0.890. The average Bonchev–Trinajstić information content (AvgIpc) is 3.01. The first-order chi connectivity index (χ1) is 14.8. The van der Waals surface area contributed by atoms with Crippen molar-refractivity contribution in [1.82, 2.24) is 9.80 Å². The highest BCUT2D eigenvalue weighted by Gasteiger charge is 2.45. The van der Waals surface area contributed by atoms with Gasteiger partial charge >= 0.3 is 0 Å². The van der Waals surface area contributed by atoms with Crippen molar-refractivity contribution in [2.24, 2.45) is 0 Å². The van der Waals surface area contributed by atoms with Gasteiger partial charge in [-0.3, -0.25) is 9.59 Å². The molecule has 164 valence electrons. The number of amides is 1. The smallest absolute Gasteiger partial charge is 0.295 e. The maximum absolute atomic E-state index is 13.0. The van der Waals surface area contributed by atoms with E-state index in [0.29, 0.717) is 40.7 Å². The largest absolute Gasteiger partial charge is 0.507 e. The van der Waals surface area contributed by atoms with Gasteiger partial charge in [-0.2, -0.15) is 0 Å². The van der Waals surface area contributed by atoms with Crippen LogP contribution >= 0.6 is 11.6 Å². The highest BCUT2D eigenvalue weighted by molar-refractivity contribution is 6.46. The Kier molecular flexibility index (Phi) is 6.87. The van der Waals surface area contributed by atoms with Gasteiger partial charge in [-0.05, 0) is 50.0 Å². The first-order valence-corrected chi connectivity index (χ1v) is 10.1. The molecule has 0 saturated carbocycles. The summed E-state index contributed by atoms with van der Waals surface area (Å²) < 4.78 is 10.5. The highest BCUT2D eigenvalue weighted by atomic mass is 35.5. The number of Topliss-reactive ketones (excluding diaryl/α,β-unsaturated/α-hetero) is 1. The van der Waals surface area contributed by atoms with Gasteiger partial charge in [0.05, 0.1) is 25.8 Å². The molecular formula is C23H25ClN2O5. The summed E-state index contributed by atoms with van der Waals surface area (Å²) in [6.07, 6.45) is 0. The molecule has 3 rings (SSSR count). The number of halogens is 1. The third kappa shape index (κ3) is 4.52. The van der Waals surface area contributed by atoms with Crippen molar-refractivity contribution in [3.8, 4) is 11.5 Å². The fourth-order valence-electron chi connectivity index (χ4n) is 3.55. The number of ether oxygens (including phenoxy) is 2. The number of benzene rings is 2. The number of nitrogens with zero attached hydrogens (tertiary/aromatic N) is 2. The van der Waals surface area contributed by atoms with Crippen molar-refractivity contribution < 1.29 is 24.2 Å². The number of hydrogen-bond donors (Lipinski definition) is 1. The van der Waals surface area contributed by atoms with Crippen LogP contribution in [-0.2, 0) is 9.59 Å². The van der Waals surface area contributed by atoms with Crippen LogP contribution in [0.2, 0.25) is 5.02 Å². The normalized spacial score (nSPS) is 18.0. The van der Waals surface area contributed by atoms with E-state index in [1.165, 1.54) is 19.1 Å². The van der Waals surface area contributed by atoms with E-state index >= 15 is 0 Å². The SMILES string of the molecule is COc1ccc(C(O)=C2C(=O)C(=O)N(CCN(C)C)[C@@H]2c2ccc(Cl)cc2)cc1OC. The number of likely N-dealkylation sites (N-methyl/N-ethyl adjacent to an activating group) is 1. The predicted molar refractivity (Wildman–Crippen MR) is 119 cm³/mol. The predicted octanol–water partition coefficient (Wildman–Crippen LogP) is 3.34. The molecule has 0 bridgehead atoms. The molecule has 1 amide bonds. The van der Waals surface area contributed by atoms with Crippen molar-refractivity contribution in [2.75, 3.05) is 41.4 Å². The van der Waals surface area contributed by atoms with Gasteiger partial charge in [-0.1, -0.05) is 23.7 Å². The van der Waals surface area contributed by atoms with E-state index in [4.69, 9.17) is 21.1 Å². The molecule has 1 aliphatic heterocycles. The third-order valence-electron chi connectivity index (χ3n) is 5.17. The number of rotatable bonds is 7. The number of ketones is 1. The van der Waals surface area contributed by atoms with E-state index in [1.807, 2.05) is 19.0 Å². The molecule has 1 heterocycles. The van der Waals surface area contributed by atoms with Crippen molar-refractivity contribution in [1.29, 1.82) is 0 Å². The molecule has 2 aromatic carbocycles. The lowest BCUT2D eigenvalue weighted by Gasteiger charge is -2.26. The molecule has 0 aliphatic carbocycles. The molecule has 7 nitrogen and oxygen atoms in total. The first kappa shape index (κ1) is 22.7. The lowest BCUT2D eigenvalue weighted by atomic mass is 9.95. The second-order valence-electron chi connectivity index (χ2n) is 7.42. The molecule has 31 heavy (non-hydrogen) atoms. The summed E-state index contributed by atoms with van der Waals surface area (Å²) in [5.74, 6) is -0.766. The Hall–Kier alpha value is -3.03. The van der Waals surface area contributed by atoms with Gasteiger partial charge in [0.2, 0.25) is 0 Å². The molecule has 1 saturated heterocycles. The molecule has 1 aliphatic rings. The fraction of sp³-hybridized carbons (Fsp3) is 0.304. The fourth-order valence-corrected chi connectivity index (χ4v) is 3.68. The van der Waals surface area contributed by atoms with Crippen LogP contribution in [0.5, 0.6) is 11.5 Å². The minimum absolute atomic E-state index is 0.0262. The van der Waals surface area contributed by atoms with E-state index in [0.717, 1.165) is 0 Å². The lowest BCUT2D eigenvalue weighted by Crippen LogP contribution is -2.35. The summed E-state index contributed by atoms with van der Waals surface area (Å²) in [5, 5.41) is 11.7. The Labute approximate surface area is 186 Å². The first-order valence-electron chi connectivity index (χ1n) is 9.69. The van der Waals surface area contributed by atoms with Gasteiger partial charge < -0.3 is 24.4 Å². The van der Waals surface area contributed by atoms with E-state index in [2.05, 4.69) is 0 Å². The van der Waals surface area contributed by atoms with E-state index < -0.39 is 17.7 Å². The van der Waals surface area contributed by atoms with Gasteiger partial charge in [-0.15, -0.1) is 0 Å². The topological polar surface area (TPSA) is 79.3 Å². The van der Waals surface area contributed by atoms with E-state index in [1.54, 1.807) is 42.5 Å². The summed E-state index contributed by atoms with van der Waals surface area (Å²) >= 11 is 6.03. The van der Waals surface area contributed by atoms with Crippen LogP contribution in [0.3, 0.4) is 0 Å². The number of hydrogen-bond acceptors (Lipinski definition) is 6. The monoisotopic (exact) mass is 444 g/mol. The molecule has 2 aromatic rings. The zero-order valence-electron chi connectivity index (χ0n) is 17.9. The van der Waals surface area contributed by atoms with Crippen LogP contribution in [0.4, 0.5) is 0 Å². The van der Waals surface area contributed by atoms with E-state index in [-0.39, 0.29) is 11.3 Å². The standard InChI is InChI=1S/C23H25ClN2O5/c1-25(2)11-12-26-20(14-5-8-16(24)9-6-14)19(22(28)23(26)29)21(27)15-7-10-17(30-3)18(13-15)31-4/h5-10,13,20,27H,11-12H2,1-4H3/t20-/m1/s1. The number of carbonyl (C=O) groups is 2. The second kappa shape index (κ2) is 9.41. The Morgan fingerprint density at radius 2 is 1.71 bits per heavy atom. The zero-order chi connectivity index (χ0) is 22.7. The minimum atomic E-state index is -0.731. The molecule has 0 unspecified atom stereocenters. The Balaban J connectivity index is 2.15.